The maximum Gasteiger partial charge on any atom is 0.416 e. The van der Waals surface area contributed by atoms with Gasteiger partial charge in [0.15, 0.2) is 0 Å². The molecule has 2 nitrogen and oxygen atoms in total. The van der Waals surface area contributed by atoms with Crippen molar-refractivity contribution in [2.24, 2.45) is 0 Å². The number of piperazine rings is 1. The molecule has 0 amide bonds. The number of alkyl halides is 3. The van der Waals surface area contributed by atoms with E-state index in [0.717, 1.165) is 36.7 Å². The molecular weight excluding hydrogens is 357 g/mol. The van der Waals surface area contributed by atoms with Gasteiger partial charge in [0.2, 0.25) is 0 Å². The van der Waals surface area contributed by atoms with Gasteiger partial charge in [0.1, 0.15) is 0 Å². The van der Waals surface area contributed by atoms with Gasteiger partial charge in [-0.1, -0.05) is 15.9 Å². The van der Waals surface area contributed by atoms with E-state index in [1.54, 1.807) is 0 Å². The van der Waals surface area contributed by atoms with Crippen molar-refractivity contribution in [1.29, 1.82) is 0 Å². The van der Waals surface area contributed by atoms with Crippen molar-refractivity contribution >= 4 is 28.3 Å². The van der Waals surface area contributed by atoms with Crippen LogP contribution in [0.4, 0.5) is 13.2 Å². The van der Waals surface area contributed by atoms with Crippen LogP contribution >= 0.6 is 28.3 Å². The van der Waals surface area contributed by atoms with Crippen LogP contribution in [0.3, 0.4) is 0 Å². The normalized spacial score (nSPS) is 18.4. The van der Waals surface area contributed by atoms with Gasteiger partial charge in [-0.05, 0) is 30.7 Å². The second-order valence-electron chi connectivity index (χ2n) is 4.70. The molecule has 0 radical (unpaired) electrons. The number of nitrogens with one attached hydrogen (secondary N) is 1. The number of nitrogens with zero attached hydrogens (tertiary/aromatic N) is 1. The molecule has 0 bridgehead atoms. The highest BCUT2D eigenvalue weighted by atomic mass is 79.9. The maximum absolute atomic E-state index is 12.8. The summed E-state index contributed by atoms with van der Waals surface area (Å²) in [5.74, 6) is 0. The number of rotatable bonds is 2. The Kier molecular flexibility index (Phi) is 6.31. The van der Waals surface area contributed by atoms with Gasteiger partial charge in [-0.25, -0.2) is 0 Å². The van der Waals surface area contributed by atoms with Crippen LogP contribution in [-0.2, 0) is 6.18 Å². The smallest absolute Gasteiger partial charge is 0.314 e. The van der Waals surface area contributed by atoms with E-state index in [9.17, 15) is 13.2 Å². The molecule has 1 aromatic carbocycles. The molecular formula is C13H17BrClF3N2. The third-order valence-corrected chi connectivity index (χ3v) is 4.19. The Morgan fingerprint density at radius 1 is 1.25 bits per heavy atom. The van der Waals surface area contributed by atoms with Gasteiger partial charge in [-0.2, -0.15) is 13.2 Å². The SMILES string of the molecule is C[C@@H](c1cc(C(F)(F)F)ccc1Br)N1CCNCC1.Cl. The summed E-state index contributed by atoms with van der Waals surface area (Å²) in [7, 11) is 0. The molecule has 0 saturated carbocycles. The molecule has 1 aliphatic rings. The minimum atomic E-state index is -4.29. The molecule has 0 spiro atoms. The zero-order valence-corrected chi connectivity index (χ0v) is 13.4. The standard InChI is InChI=1S/C13H16BrF3N2.ClH/c1-9(19-6-4-18-5-7-19)11-8-10(13(15,16)17)2-3-12(11)14;/h2-3,8-9,18H,4-7H2,1H3;1H/t9-;/m0./s1. The Labute approximate surface area is 131 Å². The number of benzene rings is 1. The van der Waals surface area contributed by atoms with Gasteiger partial charge < -0.3 is 5.32 Å². The van der Waals surface area contributed by atoms with E-state index < -0.39 is 11.7 Å². The second kappa shape index (κ2) is 7.11. The first-order chi connectivity index (χ1) is 8.89. The molecule has 0 aliphatic carbocycles. The zero-order valence-electron chi connectivity index (χ0n) is 11.0. The van der Waals surface area contributed by atoms with Crippen LogP contribution in [0.15, 0.2) is 22.7 Å². The van der Waals surface area contributed by atoms with Gasteiger partial charge in [0.25, 0.3) is 0 Å². The summed E-state index contributed by atoms with van der Waals surface area (Å²) in [6.45, 7) is 5.40. The van der Waals surface area contributed by atoms with Crippen molar-refractivity contribution in [1.82, 2.24) is 10.2 Å². The van der Waals surface area contributed by atoms with Crippen molar-refractivity contribution in [3.63, 3.8) is 0 Å². The van der Waals surface area contributed by atoms with Crippen molar-refractivity contribution in [3.8, 4) is 0 Å². The van der Waals surface area contributed by atoms with E-state index in [2.05, 4.69) is 26.1 Å². The van der Waals surface area contributed by atoms with Crippen LogP contribution in [0, 0.1) is 0 Å². The third-order valence-electron chi connectivity index (χ3n) is 3.47. The fourth-order valence-electron chi connectivity index (χ4n) is 2.31. The van der Waals surface area contributed by atoms with Crippen LogP contribution in [-0.4, -0.2) is 31.1 Å². The molecule has 1 saturated heterocycles. The lowest BCUT2D eigenvalue weighted by Crippen LogP contribution is -2.44. The van der Waals surface area contributed by atoms with E-state index in [1.165, 1.54) is 12.1 Å². The average Bonchev–Trinajstić information content (AvgIpc) is 2.38. The first-order valence-electron chi connectivity index (χ1n) is 6.21. The lowest BCUT2D eigenvalue weighted by atomic mass is 10.0. The minimum Gasteiger partial charge on any atom is -0.314 e. The first kappa shape index (κ1) is 17.8. The Bertz CT molecular complexity index is 448. The minimum absolute atomic E-state index is 0. The van der Waals surface area contributed by atoms with Crippen LogP contribution in [0.2, 0.25) is 0 Å². The number of hydrogen-bond acceptors (Lipinski definition) is 2. The van der Waals surface area contributed by atoms with Crippen LogP contribution in [0.1, 0.15) is 24.1 Å². The lowest BCUT2D eigenvalue weighted by molar-refractivity contribution is -0.137. The molecule has 1 fully saturated rings. The predicted molar refractivity (Wildman–Crippen MR) is 79.2 cm³/mol. The highest BCUT2D eigenvalue weighted by molar-refractivity contribution is 9.10. The van der Waals surface area contributed by atoms with Gasteiger partial charge in [0, 0.05) is 36.7 Å². The van der Waals surface area contributed by atoms with Gasteiger partial charge in [-0.15, -0.1) is 12.4 Å². The molecule has 20 heavy (non-hydrogen) atoms. The maximum atomic E-state index is 12.8. The van der Waals surface area contributed by atoms with Crippen molar-refractivity contribution in [2.75, 3.05) is 26.2 Å². The largest absolute Gasteiger partial charge is 0.416 e. The van der Waals surface area contributed by atoms with Crippen LogP contribution in [0.5, 0.6) is 0 Å². The van der Waals surface area contributed by atoms with Crippen LogP contribution in [0.25, 0.3) is 0 Å². The van der Waals surface area contributed by atoms with Crippen molar-refractivity contribution in [2.45, 2.75) is 19.1 Å². The molecule has 1 atom stereocenters. The Morgan fingerprint density at radius 3 is 2.40 bits per heavy atom. The Balaban J connectivity index is 0.00000200. The molecule has 1 N–H and O–H groups in total. The molecule has 1 aliphatic heterocycles. The molecule has 114 valence electrons. The Hall–Kier alpha value is -0.300. The summed E-state index contributed by atoms with van der Waals surface area (Å²) >= 11 is 3.35. The zero-order chi connectivity index (χ0) is 14.0. The van der Waals surface area contributed by atoms with Gasteiger partial charge in [-0.3, -0.25) is 4.90 Å². The first-order valence-corrected chi connectivity index (χ1v) is 7.00. The highest BCUT2D eigenvalue weighted by Crippen LogP contribution is 2.35. The summed E-state index contributed by atoms with van der Waals surface area (Å²) in [4.78, 5) is 2.19. The molecule has 1 aromatic rings. The second-order valence-corrected chi connectivity index (χ2v) is 5.55. The summed E-state index contributed by atoms with van der Waals surface area (Å²) in [6.07, 6.45) is -4.29. The third kappa shape index (κ3) is 4.10. The summed E-state index contributed by atoms with van der Waals surface area (Å²) in [6, 6.07) is 3.81. The summed E-state index contributed by atoms with van der Waals surface area (Å²) in [5.41, 5.74) is 0.101. The van der Waals surface area contributed by atoms with E-state index in [4.69, 9.17) is 0 Å². The van der Waals surface area contributed by atoms with Crippen molar-refractivity contribution in [3.05, 3.63) is 33.8 Å². The highest BCUT2D eigenvalue weighted by Gasteiger charge is 2.32. The Morgan fingerprint density at radius 2 is 1.85 bits per heavy atom. The number of halogens is 5. The fourth-order valence-corrected chi connectivity index (χ4v) is 2.88. The lowest BCUT2D eigenvalue weighted by Gasteiger charge is -2.33. The van der Waals surface area contributed by atoms with E-state index in [1.807, 2.05) is 6.92 Å². The molecule has 1 heterocycles. The molecule has 0 unspecified atom stereocenters. The van der Waals surface area contributed by atoms with E-state index in [0.29, 0.717) is 5.56 Å². The summed E-state index contributed by atoms with van der Waals surface area (Å²) < 4.78 is 39.0. The van der Waals surface area contributed by atoms with Crippen LogP contribution < -0.4 is 5.32 Å². The van der Waals surface area contributed by atoms with Gasteiger partial charge >= 0.3 is 6.18 Å². The molecule has 0 aromatic heterocycles. The van der Waals surface area contributed by atoms with Crippen molar-refractivity contribution < 1.29 is 13.2 Å². The topological polar surface area (TPSA) is 15.3 Å². The monoisotopic (exact) mass is 372 g/mol. The number of hydrogen-bond donors (Lipinski definition) is 1. The fraction of sp³-hybridized carbons (Fsp3) is 0.538. The van der Waals surface area contributed by atoms with E-state index in [-0.39, 0.29) is 18.4 Å². The summed E-state index contributed by atoms with van der Waals surface area (Å²) in [5, 5.41) is 3.24. The quantitative estimate of drug-likeness (QED) is 0.847. The molecule has 2 rings (SSSR count). The average molecular weight is 374 g/mol. The molecule has 7 heteroatoms. The van der Waals surface area contributed by atoms with Gasteiger partial charge in [0.05, 0.1) is 5.56 Å². The predicted octanol–water partition coefficient (Wildman–Crippen LogP) is 3.86. The van der Waals surface area contributed by atoms with E-state index >= 15 is 0 Å².